The number of ether oxygens (including phenoxy) is 1. The summed E-state index contributed by atoms with van der Waals surface area (Å²) >= 11 is 2.41. The number of nitrogens with zero attached hydrogens (tertiary/aromatic N) is 1. The van der Waals surface area contributed by atoms with E-state index in [0.29, 0.717) is 5.56 Å². The summed E-state index contributed by atoms with van der Waals surface area (Å²) < 4.78 is 43.4. The van der Waals surface area contributed by atoms with Gasteiger partial charge in [-0.25, -0.2) is 0 Å². The van der Waals surface area contributed by atoms with Gasteiger partial charge in [-0.3, -0.25) is 0 Å². The van der Waals surface area contributed by atoms with E-state index in [1.807, 2.05) is 0 Å². The molecule has 0 aromatic heterocycles. The van der Waals surface area contributed by atoms with Gasteiger partial charge in [0.15, 0.2) is 0 Å². The molecule has 0 amide bonds. The van der Waals surface area contributed by atoms with Gasteiger partial charge in [0.2, 0.25) is 0 Å². The van der Waals surface area contributed by atoms with E-state index in [0.717, 1.165) is 10.2 Å². The second-order valence-electron chi connectivity index (χ2n) is 4.70. The molecule has 9 heteroatoms. The van der Waals surface area contributed by atoms with Crippen molar-refractivity contribution in [1.82, 2.24) is 0 Å². The summed E-state index contributed by atoms with van der Waals surface area (Å²) in [6, 6.07) is 6.95. The molecule has 0 fully saturated rings. The van der Waals surface area contributed by atoms with Crippen LogP contribution in [0.25, 0.3) is 0 Å². The summed E-state index contributed by atoms with van der Waals surface area (Å²) in [5.41, 5.74) is 0.658. The van der Waals surface area contributed by atoms with Crippen molar-refractivity contribution >= 4 is 4.57 Å². The number of methoxy groups -OCH3 is 1. The molecule has 0 aliphatic carbocycles. The molecule has 26 heavy (non-hydrogen) atoms. The van der Waals surface area contributed by atoms with Crippen molar-refractivity contribution in [2.75, 3.05) is 35.3 Å². The summed E-state index contributed by atoms with van der Waals surface area (Å²) in [5, 5.41) is 10.7. The predicted molar refractivity (Wildman–Crippen MR) is 80.7 cm³/mol. The summed E-state index contributed by atoms with van der Waals surface area (Å²) in [6.45, 7) is 22.5. The SMILES string of the molecule is COc1ccc([C]([O-])=[Cr])cc1.C[N+](C)(C)C.[C-]#[O+].[C-]#[O+].[C-]#[O+].[C-]#[O+].[C-]#[O+]. The fraction of sp³-hybridized carbons (Fsp3) is 0.294. The van der Waals surface area contributed by atoms with Gasteiger partial charge in [0.1, 0.15) is 0 Å². The second-order valence-corrected chi connectivity index (χ2v) is 5.28. The molecule has 1 rings (SSSR count). The molecule has 1 aromatic carbocycles. The fourth-order valence-electron chi connectivity index (χ4n) is 0.727. The first kappa shape index (κ1) is 39.2. The molecule has 0 radical (unpaired) electrons. The summed E-state index contributed by atoms with van der Waals surface area (Å²) in [6.07, 6.45) is 0. The Morgan fingerprint density at radius 2 is 1.04 bits per heavy atom. The molecule has 0 saturated heterocycles. The molecule has 0 unspecified atom stereocenters. The Kier molecular flexibility index (Phi) is 51.9. The molecule has 0 aliphatic heterocycles. The first-order valence-corrected chi connectivity index (χ1v) is 6.54. The van der Waals surface area contributed by atoms with Crippen LogP contribution in [0.4, 0.5) is 0 Å². The van der Waals surface area contributed by atoms with Crippen molar-refractivity contribution < 1.29 is 53.4 Å². The molecule has 1 aromatic rings. The van der Waals surface area contributed by atoms with E-state index in [9.17, 15) is 5.11 Å². The average molecular weight is 401 g/mol. The Labute approximate surface area is 162 Å². The third-order valence-electron chi connectivity index (χ3n) is 1.33. The van der Waals surface area contributed by atoms with Crippen LogP contribution in [-0.4, -0.2) is 44.3 Å². The molecule has 0 N–H and O–H groups in total. The van der Waals surface area contributed by atoms with Crippen molar-refractivity contribution in [1.29, 1.82) is 0 Å². The summed E-state index contributed by atoms with van der Waals surface area (Å²) in [5.74, 6) is 0.759. The van der Waals surface area contributed by atoms with E-state index < -0.39 is 0 Å². The van der Waals surface area contributed by atoms with Gasteiger partial charge in [-0.05, 0) is 0 Å². The van der Waals surface area contributed by atoms with Crippen LogP contribution in [-0.2, 0) is 39.1 Å². The van der Waals surface area contributed by atoms with E-state index in [1.54, 1.807) is 31.4 Å². The van der Waals surface area contributed by atoms with Gasteiger partial charge in [0, 0.05) is 0 Å². The molecular weight excluding hydrogens is 382 g/mol. The maximum atomic E-state index is 10.7. The van der Waals surface area contributed by atoms with E-state index in [1.165, 1.54) is 0 Å². The third kappa shape index (κ3) is 49.5. The first-order valence-electron chi connectivity index (χ1n) is 5.90. The Balaban J connectivity index is -0.0000000566. The number of hydrogen-bond donors (Lipinski definition) is 0. The van der Waals surface area contributed by atoms with E-state index in [2.05, 4.69) is 77.3 Å². The Bertz CT molecular complexity index is 482. The van der Waals surface area contributed by atoms with Crippen molar-refractivity contribution in [3.63, 3.8) is 0 Å². The number of benzene rings is 1. The molecule has 0 spiro atoms. The van der Waals surface area contributed by atoms with Gasteiger partial charge in [0.25, 0.3) is 0 Å². The van der Waals surface area contributed by atoms with Crippen molar-refractivity contribution in [2.24, 2.45) is 0 Å². The van der Waals surface area contributed by atoms with Crippen LogP contribution in [0.1, 0.15) is 5.56 Å². The van der Waals surface area contributed by atoms with Gasteiger partial charge in [-0.1, -0.05) is 0 Å². The standard InChI is InChI=1S/C8H7O2.C4H12N.5CO.Cr/c1-10-8-4-2-7(6-9)3-5-8;1-5(2,3)4;5*1-2;/h2-5H,1H3;1-4H3;;;;;;/q-1;+1;;;;;;. The van der Waals surface area contributed by atoms with Crippen LogP contribution in [0, 0.1) is 33.3 Å². The van der Waals surface area contributed by atoms with E-state index >= 15 is 0 Å². The zero-order valence-electron chi connectivity index (χ0n) is 15.0. The second kappa shape index (κ2) is 34.4. The normalized spacial score (nSPS) is 6.62. The number of rotatable bonds is 2. The molecular formula is C17H19CrNO7. The minimum atomic E-state index is -0.0485. The van der Waals surface area contributed by atoms with Crippen molar-refractivity contribution in [3.05, 3.63) is 63.1 Å². The third-order valence-corrected chi connectivity index (χ3v) is 1.69. The fourth-order valence-corrected chi connectivity index (χ4v) is 0.940. The molecule has 0 atom stereocenters. The molecule has 0 bridgehead atoms. The van der Waals surface area contributed by atoms with Crippen LogP contribution in [0.3, 0.4) is 0 Å². The van der Waals surface area contributed by atoms with Crippen LogP contribution < -0.4 is 9.84 Å². The van der Waals surface area contributed by atoms with Gasteiger partial charge in [0.05, 0.1) is 28.2 Å². The summed E-state index contributed by atoms with van der Waals surface area (Å²) in [4.78, 5) is 0. The van der Waals surface area contributed by atoms with Crippen molar-refractivity contribution in [2.45, 2.75) is 0 Å². The molecule has 0 heterocycles. The summed E-state index contributed by atoms with van der Waals surface area (Å²) in [7, 11) is 10.1. The number of quaternary nitrogens is 1. The quantitative estimate of drug-likeness (QED) is 0.398. The number of hydrogen-bond acceptors (Lipinski definition) is 2. The Morgan fingerprint density at radius 3 is 1.19 bits per heavy atom. The Hall–Kier alpha value is -1.96. The Morgan fingerprint density at radius 1 is 0.808 bits per heavy atom. The van der Waals surface area contributed by atoms with Crippen LogP contribution in [0.15, 0.2) is 24.3 Å². The molecule has 8 nitrogen and oxygen atoms in total. The van der Waals surface area contributed by atoms with Crippen LogP contribution in [0.5, 0.6) is 5.75 Å². The minimum absolute atomic E-state index is 0.0485. The van der Waals surface area contributed by atoms with Gasteiger partial charge >= 0.3 is 129 Å². The van der Waals surface area contributed by atoms with Crippen LogP contribution >= 0.6 is 0 Å². The zero-order valence-corrected chi connectivity index (χ0v) is 16.3. The first-order chi connectivity index (χ1) is 12.2. The average Bonchev–Trinajstić information content (AvgIpc) is 2.68. The molecule has 0 saturated carbocycles. The molecule has 140 valence electrons. The predicted octanol–water partition coefficient (Wildman–Crippen LogP) is 0.215. The van der Waals surface area contributed by atoms with Crippen LogP contribution in [0.2, 0.25) is 0 Å². The monoisotopic (exact) mass is 401 g/mol. The van der Waals surface area contributed by atoms with E-state index in [4.69, 9.17) is 28.0 Å². The van der Waals surface area contributed by atoms with E-state index in [-0.39, 0.29) is 4.57 Å². The van der Waals surface area contributed by atoms with Crippen molar-refractivity contribution in [3.8, 4) is 5.75 Å². The van der Waals surface area contributed by atoms with Gasteiger partial charge < -0.3 is 4.48 Å². The van der Waals surface area contributed by atoms with Gasteiger partial charge in [-0.2, -0.15) is 0 Å². The zero-order chi connectivity index (χ0) is 22.8. The topological polar surface area (TPSA) is 132 Å². The van der Waals surface area contributed by atoms with Gasteiger partial charge in [-0.15, -0.1) is 0 Å². The molecule has 0 aliphatic rings. The maximum absolute atomic E-state index is 10.7.